The van der Waals surface area contributed by atoms with E-state index in [1.54, 1.807) is 0 Å². The molecule has 2 N–H and O–H groups in total. The maximum Gasteiger partial charge on any atom is 0.0669 e. The molecular weight excluding hydrogens is 190 g/mol. The zero-order valence-corrected chi connectivity index (χ0v) is 10.1. The van der Waals surface area contributed by atoms with E-state index in [1.807, 2.05) is 0 Å². The normalized spacial score (nSPS) is 35.2. The Bertz CT molecular complexity index is 228. The van der Waals surface area contributed by atoms with Crippen LogP contribution in [0.15, 0.2) is 0 Å². The van der Waals surface area contributed by atoms with Crippen LogP contribution in [-0.4, -0.2) is 31.0 Å². The molecule has 0 aromatic heterocycles. The molecule has 88 valence electrons. The lowest BCUT2D eigenvalue weighted by Crippen LogP contribution is -2.65. The first-order chi connectivity index (χ1) is 6.94. The van der Waals surface area contributed by atoms with Gasteiger partial charge >= 0.3 is 0 Å². The van der Waals surface area contributed by atoms with Crippen molar-refractivity contribution in [2.45, 2.75) is 57.8 Å². The molecule has 0 bridgehead atoms. The van der Waals surface area contributed by atoms with Gasteiger partial charge in [0, 0.05) is 24.7 Å². The van der Waals surface area contributed by atoms with E-state index in [-0.39, 0.29) is 11.0 Å². The summed E-state index contributed by atoms with van der Waals surface area (Å²) in [5.74, 6) is 0. The largest absolute Gasteiger partial charge is 0.381 e. The zero-order chi connectivity index (χ0) is 11.1. The van der Waals surface area contributed by atoms with Gasteiger partial charge in [0.05, 0.1) is 11.7 Å². The van der Waals surface area contributed by atoms with Gasteiger partial charge in [0.15, 0.2) is 0 Å². The lowest BCUT2D eigenvalue weighted by atomic mass is 9.58. The van der Waals surface area contributed by atoms with Gasteiger partial charge in [0.1, 0.15) is 0 Å². The molecule has 0 amide bonds. The van der Waals surface area contributed by atoms with Crippen LogP contribution in [0.25, 0.3) is 0 Å². The van der Waals surface area contributed by atoms with Gasteiger partial charge in [0.2, 0.25) is 0 Å². The topological polar surface area (TPSA) is 44.5 Å². The van der Waals surface area contributed by atoms with Crippen LogP contribution < -0.4 is 5.73 Å². The Morgan fingerprint density at radius 3 is 2.33 bits per heavy atom. The summed E-state index contributed by atoms with van der Waals surface area (Å²) in [6.45, 7) is 8.03. The number of ether oxygens (including phenoxy) is 2. The maximum atomic E-state index is 6.16. The molecule has 1 aliphatic heterocycles. The zero-order valence-electron chi connectivity index (χ0n) is 10.1. The monoisotopic (exact) mass is 213 g/mol. The van der Waals surface area contributed by atoms with Gasteiger partial charge in [-0.3, -0.25) is 0 Å². The van der Waals surface area contributed by atoms with Gasteiger partial charge in [-0.1, -0.05) is 0 Å². The van der Waals surface area contributed by atoms with Gasteiger partial charge in [0.25, 0.3) is 0 Å². The van der Waals surface area contributed by atoms with Crippen LogP contribution in [-0.2, 0) is 9.47 Å². The molecule has 3 heteroatoms. The first kappa shape index (κ1) is 11.4. The fourth-order valence-electron chi connectivity index (χ4n) is 2.81. The van der Waals surface area contributed by atoms with Gasteiger partial charge < -0.3 is 15.2 Å². The van der Waals surface area contributed by atoms with Crippen molar-refractivity contribution in [2.24, 2.45) is 11.1 Å². The highest BCUT2D eigenvalue weighted by Gasteiger charge is 2.55. The van der Waals surface area contributed by atoms with Crippen LogP contribution in [0.1, 0.15) is 40.0 Å². The fourth-order valence-corrected chi connectivity index (χ4v) is 2.81. The van der Waals surface area contributed by atoms with Crippen LogP contribution in [0.5, 0.6) is 0 Å². The molecule has 2 aliphatic rings. The Kier molecular flexibility index (Phi) is 2.82. The van der Waals surface area contributed by atoms with Crippen molar-refractivity contribution in [3.63, 3.8) is 0 Å². The molecule has 2 fully saturated rings. The van der Waals surface area contributed by atoms with E-state index in [4.69, 9.17) is 15.2 Å². The summed E-state index contributed by atoms with van der Waals surface area (Å²) in [7, 11) is 0. The van der Waals surface area contributed by atoms with Crippen molar-refractivity contribution in [1.82, 2.24) is 0 Å². The summed E-state index contributed by atoms with van der Waals surface area (Å²) in [5, 5.41) is 0. The van der Waals surface area contributed by atoms with Crippen LogP contribution in [0, 0.1) is 5.41 Å². The van der Waals surface area contributed by atoms with E-state index in [9.17, 15) is 0 Å². The predicted molar refractivity (Wildman–Crippen MR) is 59.7 cm³/mol. The van der Waals surface area contributed by atoms with Gasteiger partial charge in [-0.05, 0) is 40.0 Å². The minimum absolute atomic E-state index is 0.0594. The molecule has 1 heterocycles. The van der Waals surface area contributed by atoms with Crippen molar-refractivity contribution in [1.29, 1.82) is 0 Å². The Hall–Kier alpha value is -0.120. The highest BCUT2D eigenvalue weighted by atomic mass is 16.5. The van der Waals surface area contributed by atoms with E-state index in [2.05, 4.69) is 20.8 Å². The molecule has 2 atom stereocenters. The Morgan fingerprint density at radius 1 is 1.27 bits per heavy atom. The van der Waals surface area contributed by atoms with Crippen molar-refractivity contribution in [3.05, 3.63) is 0 Å². The lowest BCUT2D eigenvalue weighted by molar-refractivity contribution is -0.205. The molecule has 1 aliphatic carbocycles. The molecule has 0 radical (unpaired) electrons. The summed E-state index contributed by atoms with van der Waals surface area (Å²) in [5.41, 5.74) is 6.32. The van der Waals surface area contributed by atoms with Gasteiger partial charge in [-0.25, -0.2) is 0 Å². The predicted octanol–water partition coefficient (Wildman–Crippen LogP) is 1.70. The van der Waals surface area contributed by atoms with E-state index in [0.29, 0.717) is 12.1 Å². The maximum absolute atomic E-state index is 6.16. The summed E-state index contributed by atoms with van der Waals surface area (Å²) < 4.78 is 11.5. The molecule has 1 saturated carbocycles. The smallest absolute Gasteiger partial charge is 0.0669 e. The minimum Gasteiger partial charge on any atom is -0.381 e. The van der Waals surface area contributed by atoms with E-state index < -0.39 is 0 Å². The quantitative estimate of drug-likeness (QED) is 0.721. The highest BCUT2D eigenvalue weighted by Crippen LogP contribution is 2.50. The molecule has 0 aromatic carbocycles. The molecule has 2 rings (SSSR count). The average molecular weight is 213 g/mol. The number of rotatable bonds is 1. The van der Waals surface area contributed by atoms with Crippen molar-refractivity contribution in [3.8, 4) is 0 Å². The molecule has 15 heavy (non-hydrogen) atoms. The second kappa shape index (κ2) is 3.72. The molecule has 1 saturated heterocycles. The Balaban J connectivity index is 2.02. The third-order valence-corrected chi connectivity index (χ3v) is 3.77. The third-order valence-electron chi connectivity index (χ3n) is 3.77. The standard InChI is InChI=1S/C12H23NO2/c1-11(2,3)15-10-8-9(13)12(10)4-6-14-7-5-12/h9-10H,4-8,13H2,1-3H3/t9-,10-/m1/s1. The molecule has 0 aromatic rings. The van der Waals surface area contributed by atoms with E-state index in [1.165, 1.54) is 0 Å². The molecule has 3 nitrogen and oxygen atoms in total. The first-order valence-electron chi connectivity index (χ1n) is 5.95. The van der Waals surface area contributed by atoms with E-state index in [0.717, 1.165) is 32.5 Å². The number of nitrogens with two attached hydrogens (primary N) is 1. The number of hydrogen-bond acceptors (Lipinski definition) is 3. The Labute approximate surface area is 92.3 Å². The average Bonchev–Trinajstić information content (AvgIpc) is 2.17. The second-order valence-corrected chi connectivity index (χ2v) is 5.91. The second-order valence-electron chi connectivity index (χ2n) is 5.91. The molecular formula is C12H23NO2. The molecule has 1 spiro atoms. The van der Waals surface area contributed by atoms with Gasteiger partial charge in [-0.2, -0.15) is 0 Å². The van der Waals surface area contributed by atoms with Crippen LogP contribution in [0.4, 0.5) is 0 Å². The summed E-state index contributed by atoms with van der Waals surface area (Å²) in [4.78, 5) is 0. The van der Waals surface area contributed by atoms with Crippen LogP contribution in [0.2, 0.25) is 0 Å². The summed E-state index contributed by atoms with van der Waals surface area (Å²) >= 11 is 0. The minimum atomic E-state index is -0.0594. The van der Waals surface area contributed by atoms with Crippen LogP contribution in [0.3, 0.4) is 0 Å². The van der Waals surface area contributed by atoms with Crippen molar-refractivity contribution < 1.29 is 9.47 Å². The molecule has 0 unspecified atom stereocenters. The fraction of sp³-hybridized carbons (Fsp3) is 1.00. The van der Waals surface area contributed by atoms with Crippen molar-refractivity contribution in [2.75, 3.05) is 13.2 Å². The Morgan fingerprint density at radius 2 is 1.87 bits per heavy atom. The number of hydrogen-bond donors (Lipinski definition) is 1. The SMILES string of the molecule is CC(C)(C)O[C@@H]1C[C@@H](N)C12CCOCC2. The van der Waals surface area contributed by atoms with E-state index >= 15 is 0 Å². The highest BCUT2D eigenvalue weighted by molar-refractivity contribution is 5.07. The summed E-state index contributed by atoms with van der Waals surface area (Å²) in [6.07, 6.45) is 3.48. The summed E-state index contributed by atoms with van der Waals surface area (Å²) in [6, 6.07) is 0.314. The lowest BCUT2D eigenvalue weighted by Gasteiger charge is -2.57. The van der Waals surface area contributed by atoms with Crippen LogP contribution >= 0.6 is 0 Å². The van der Waals surface area contributed by atoms with Crippen molar-refractivity contribution >= 4 is 0 Å². The van der Waals surface area contributed by atoms with Gasteiger partial charge in [-0.15, -0.1) is 0 Å². The third kappa shape index (κ3) is 2.05. The first-order valence-corrected chi connectivity index (χ1v) is 5.95.